The summed E-state index contributed by atoms with van der Waals surface area (Å²) in [5.41, 5.74) is 0.741. The molecule has 0 aliphatic carbocycles. The van der Waals surface area contributed by atoms with Crippen molar-refractivity contribution in [1.82, 2.24) is 9.62 Å². The van der Waals surface area contributed by atoms with E-state index < -0.39 is 10.0 Å². The summed E-state index contributed by atoms with van der Waals surface area (Å²) in [7, 11) is -1.55. The molecular formula is C14H22Cl2N2O2S. The van der Waals surface area contributed by atoms with Crippen LogP contribution in [0, 0.1) is 12.8 Å². The van der Waals surface area contributed by atoms with Crippen LogP contribution in [-0.4, -0.2) is 39.4 Å². The molecule has 2 rings (SSSR count). The Balaban J connectivity index is 0.00000220. The van der Waals surface area contributed by atoms with E-state index >= 15 is 0 Å². The molecule has 0 radical (unpaired) electrons. The first kappa shape index (κ1) is 18.7. The zero-order valence-electron chi connectivity index (χ0n) is 12.3. The molecule has 1 aromatic carbocycles. The van der Waals surface area contributed by atoms with Crippen LogP contribution < -0.4 is 5.32 Å². The Labute approximate surface area is 138 Å². The number of nitrogens with one attached hydrogen (secondary N) is 1. The van der Waals surface area contributed by atoms with E-state index in [1.165, 1.54) is 0 Å². The van der Waals surface area contributed by atoms with Gasteiger partial charge in [-0.15, -0.1) is 12.4 Å². The van der Waals surface area contributed by atoms with Crippen LogP contribution in [-0.2, 0) is 10.0 Å². The minimum absolute atomic E-state index is 0. The SMILES string of the molecule is CNCC1CCCN(S(=O)(=O)c2cc(Cl)ccc2C)C1.Cl. The number of hydrogen-bond acceptors (Lipinski definition) is 3. The second-order valence-electron chi connectivity index (χ2n) is 5.34. The van der Waals surface area contributed by atoms with E-state index in [0.717, 1.165) is 24.9 Å². The zero-order valence-corrected chi connectivity index (χ0v) is 14.7. The number of halogens is 2. The van der Waals surface area contributed by atoms with Gasteiger partial charge in [-0.1, -0.05) is 17.7 Å². The van der Waals surface area contributed by atoms with E-state index in [2.05, 4.69) is 5.32 Å². The van der Waals surface area contributed by atoms with E-state index in [-0.39, 0.29) is 12.4 Å². The Morgan fingerprint density at radius 1 is 1.43 bits per heavy atom. The van der Waals surface area contributed by atoms with Gasteiger partial charge in [0.25, 0.3) is 0 Å². The van der Waals surface area contributed by atoms with Gasteiger partial charge in [-0.05, 0) is 57.0 Å². The van der Waals surface area contributed by atoms with Gasteiger partial charge >= 0.3 is 0 Å². The lowest BCUT2D eigenvalue weighted by Gasteiger charge is -2.32. The number of benzene rings is 1. The molecule has 4 nitrogen and oxygen atoms in total. The van der Waals surface area contributed by atoms with Crippen molar-refractivity contribution in [2.24, 2.45) is 5.92 Å². The highest BCUT2D eigenvalue weighted by atomic mass is 35.5. The average molecular weight is 353 g/mol. The lowest BCUT2D eigenvalue weighted by Crippen LogP contribution is -2.42. The first-order chi connectivity index (χ1) is 9.45. The van der Waals surface area contributed by atoms with Crippen LogP contribution in [0.4, 0.5) is 0 Å². The van der Waals surface area contributed by atoms with E-state index in [1.807, 2.05) is 7.05 Å². The molecule has 0 bridgehead atoms. The summed E-state index contributed by atoms with van der Waals surface area (Å²) < 4.78 is 27.1. The maximum absolute atomic E-state index is 12.8. The molecule has 1 heterocycles. The molecular weight excluding hydrogens is 331 g/mol. The standard InChI is InChI=1S/C14H21ClN2O2S.ClH/c1-11-5-6-13(15)8-14(11)20(18,19)17-7-3-4-12(10-17)9-16-2;/h5-6,8,12,16H,3-4,7,9-10H2,1-2H3;1H. The maximum atomic E-state index is 12.8. The van der Waals surface area contributed by atoms with Crippen LogP contribution in [0.25, 0.3) is 0 Å². The van der Waals surface area contributed by atoms with Crippen LogP contribution in [0.1, 0.15) is 18.4 Å². The third-order valence-corrected chi connectivity index (χ3v) is 5.98. The molecule has 0 amide bonds. The number of hydrogen-bond donors (Lipinski definition) is 1. The molecule has 21 heavy (non-hydrogen) atoms. The molecule has 1 unspecified atom stereocenters. The van der Waals surface area contributed by atoms with Crippen molar-refractivity contribution in [3.63, 3.8) is 0 Å². The van der Waals surface area contributed by atoms with Crippen molar-refractivity contribution in [2.45, 2.75) is 24.7 Å². The first-order valence-corrected chi connectivity index (χ1v) is 8.68. The minimum atomic E-state index is -3.45. The molecule has 1 fully saturated rings. The Morgan fingerprint density at radius 3 is 2.81 bits per heavy atom. The topological polar surface area (TPSA) is 49.4 Å². The van der Waals surface area contributed by atoms with E-state index in [1.54, 1.807) is 29.4 Å². The molecule has 7 heteroatoms. The summed E-state index contributed by atoms with van der Waals surface area (Å²) in [6.45, 7) is 3.82. The van der Waals surface area contributed by atoms with Gasteiger partial charge < -0.3 is 5.32 Å². The lowest BCUT2D eigenvalue weighted by atomic mass is 10.00. The molecule has 0 aromatic heterocycles. The molecule has 1 saturated heterocycles. The highest BCUT2D eigenvalue weighted by Crippen LogP contribution is 2.27. The van der Waals surface area contributed by atoms with Gasteiger partial charge in [0.05, 0.1) is 4.90 Å². The Morgan fingerprint density at radius 2 is 2.14 bits per heavy atom. The van der Waals surface area contributed by atoms with E-state index in [9.17, 15) is 8.42 Å². The first-order valence-electron chi connectivity index (χ1n) is 6.86. The van der Waals surface area contributed by atoms with Crippen LogP contribution in [0.5, 0.6) is 0 Å². The lowest BCUT2D eigenvalue weighted by molar-refractivity contribution is 0.263. The van der Waals surface area contributed by atoms with Crippen LogP contribution in [0.2, 0.25) is 5.02 Å². The van der Waals surface area contributed by atoms with Crippen molar-refractivity contribution in [1.29, 1.82) is 0 Å². The molecule has 120 valence electrons. The molecule has 1 aromatic rings. The van der Waals surface area contributed by atoms with Gasteiger partial charge in [-0.3, -0.25) is 0 Å². The van der Waals surface area contributed by atoms with Gasteiger partial charge in [-0.2, -0.15) is 4.31 Å². The van der Waals surface area contributed by atoms with Crippen molar-refractivity contribution in [3.05, 3.63) is 28.8 Å². The third-order valence-electron chi connectivity index (χ3n) is 3.74. The second kappa shape index (κ2) is 7.79. The second-order valence-corrected chi connectivity index (χ2v) is 7.68. The molecule has 1 N–H and O–H groups in total. The molecule has 0 saturated carbocycles. The highest BCUT2D eigenvalue weighted by molar-refractivity contribution is 7.89. The summed E-state index contributed by atoms with van der Waals surface area (Å²) in [5.74, 6) is 0.378. The number of rotatable bonds is 4. The fraction of sp³-hybridized carbons (Fsp3) is 0.571. The minimum Gasteiger partial charge on any atom is -0.319 e. The number of sulfonamides is 1. The highest BCUT2D eigenvalue weighted by Gasteiger charge is 2.31. The van der Waals surface area contributed by atoms with Gasteiger partial charge in [0, 0.05) is 18.1 Å². The fourth-order valence-electron chi connectivity index (χ4n) is 2.69. The van der Waals surface area contributed by atoms with Gasteiger partial charge in [0.15, 0.2) is 0 Å². The maximum Gasteiger partial charge on any atom is 0.243 e. The van der Waals surface area contributed by atoms with E-state index in [0.29, 0.717) is 28.9 Å². The van der Waals surface area contributed by atoms with Crippen LogP contribution >= 0.6 is 24.0 Å². The Hall–Kier alpha value is -0.330. The largest absolute Gasteiger partial charge is 0.319 e. The Kier molecular flexibility index (Phi) is 6.94. The van der Waals surface area contributed by atoms with Gasteiger partial charge in [-0.25, -0.2) is 8.42 Å². The average Bonchev–Trinajstić information content (AvgIpc) is 2.42. The zero-order chi connectivity index (χ0) is 14.8. The van der Waals surface area contributed by atoms with Crippen molar-refractivity contribution in [3.8, 4) is 0 Å². The summed E-state index contributed by atoms with van der Waals surface area (Å²) in [6.07, 6.45) is 1.98. The van der Waals surface area contributed by atoms with Crippen molar-refractivity contribution in [2.75, 3.05) is 26.7 Å². The number of aryl methyl sites for hydroxylation is 1. The quantitative estimate of drug-likeness (QED) is 0.906. The van der Waals surface area contributed by atoms with Crippen LogP contribution in [0.3, 0.4) is 0 Å². The van der Waals surface area contributed by atoms with Crippen molar-refractivity contribution >= 4 is 34.0 Å². The molecule has 1 aliphatic heterocycles. The monoisotopic (exact) mass is 352 g/mol. The van der Waals surface area contributed by atoms with Gasteiger partial charge in [0.1, 0.15) is 0 Å². The molecule has 1 aliphatic rings. The number of nitrogens with zero attached hydrogens (tertiary/aromatic N) is 1. The normalized spacial score (nSPS) is 20.0. The summed E-state index contributed by atoms with van der Waals surface area (Å²) in [4.78, 5) is 0.329. The Bertz CT molecular complexity index is 576. The van der Waals surface area contributed by atoms with Crippen LogP contribution in [0.15, 0.2) is 23.1 Å². The van der Waals surface area contributed by atoms with E-state index in [4.69, 9.17) is 11.6 Å². The predicted octanol–water partition coefficient (Wildman–Crippen LogP) is 2.69. The fourth-order valence-corrected chi connectivity index (χ4v) is 4.73. The van der Waals surface area contributed by atoms with Gasteiger partial charge in [0.2, 0.25) is 10.0 Å². The third kappa shape index (κ3) is 4.33. The van der Waals surface area contributed by atoms with Crippen molar-refractivity contribution < 1.29 is 8.42 Å². The molecule has 0 spiro atoms. The summed E-state index contributed by atoms with van der Waals surface area (Å²) in [6, 6.07) is 5.02. The number of piperidine rings is 1. The summed E-state index contributed by atoms with van der Waals surface area (Å²) in [5, 5.41) is 3.58. The molecule has 1 atom stereocenters. The predicted molar refractivity (Wildman–Crippen MR) is 88.8 cm³/mol. The summed E-state index contributed by atoms with van der Waals surface area (Å²) >= 11 is 5.95. The smallest absolute Gasteiger partial charge is 0.243 e.